The molecule has 5 unspecified atom stereocenters. The molecular formula is C15H22FNO. The van der Waals surface area contributed by atoms with Gasteiger partial charge >= 0.3 is 0 Å². The van der Waals surface area contributed by atoms with Crippen LogP contribution in [0.1, 0.15) is 26.3 Å². The van der Waals surface area contributed by atoms with E-state index in [9.17, 15) is 4.39 Å². The van der Waals surface area contributed by atoms with Gasteiger partial charge in [0.2, 0.25) is 0 Å². The molecule has 1 aliphatic rings. The molecule has 1 fully saturated rings. The Morgan fingerprint density at radius 1 is 1.28 bits per heavy atom. The highest BCUT2D eigenvalue weighted by Gasteiger charge is 2.40. The molecule has 1 aliphatic heterocycles. The molecule has 1 aromatic carbocycles. The largest absolute Gasteiger partial charge is 0.375 e. The van der Waals surface area contributed by atoms with Gasteiger partial charge in [-0.3, -0.25) is 0 Å². The van der Waals surface area contributed by atoms with Crippen molar-refractivity contribution >= 4 is 0 Å². The lowest BCUT2D eigenvalue weighted by Gasteiger charge is -2.25. The minimum Gasteiger partial charge on any atom is -0.375 e. The van der Waals surface area contributed by atoms with E-state index in [0.29, 0.717) is 18.3 Å². The van der Waals surface area contributed by atoms with Crippen LogP contribution in [-0.2, 0) is 11.2 Å². The summed E-state index contributed by atoms with van der Waals surface area (Å²) in [5.74, 6) is 0.587. The van der Waals surface area contributed by atoms with Crippen LogP contribution in [0.3, 0.4) is 0 Å². The van der Waals surface area contributed by atoms with Crippen molar-refractivity contribution in [2.45, 2.75) is 45.4 Å². The van der Waals surface area contributed by atoms with Crippen LogP contribution in [0, 0.1) is 17.7 Å². The molecular weight excluding hydrogens is 229 g/mol. The van der Waals surface area contributed by atoms with Crippen molar-refractivity contribution in [1.82, 2.24) is 0 Å². The molecule has 0 aromatic heterocycles. The lowest BCUT2D eigenvalue weighted by atomic mass is 9.81. The Bertz CT molecular complexity index is 409. The van der Waals surface area contributed by atoms with Crippen molar-refractivity contribution in [3.05, 3.63) is 35.6 Å². The smallest absolute Gasteiger partial charge is 0.123 e. The second kappa shape index (κ2) is 5.37. The zero-order valence-corrected chi connectivity index (χ0v) is 11.3. The zero-order chi connectivity index (χ0) is 13.3. The van der Waals surface area contributed by atoms with Gasteiger partial charge in [0.1, 0.15) is 5.82 Å². The van der Waals surface area contributed by atoms with Crippen molar-refractivity contribution in [3.8, 4) is 0 Å². The van der Waals surface area contributed by atoms with Gasteiger partial charge in [0, 0.05) is 12.0 Å². The van der Waals surface area contributed by atoms with E-state index < -0.39 is 0 Å². The molecule has 1 heterocycles. The van der Waals surface area contributed by atoms with Crippen molar-refractivity contribution in [1.29, 1.82) is 0 Å². The molecule has 2 nitrogen and oxygen atoms in total. The number of ether oxygens (including phenoxy) is 1. The van der Waals surface area contributed by atoms with Crippen LogP contribution in [0.5, 0.6) is 0 Å². The summed E-state index contributed by atoms with van der Waals surface area (Å²) in [5.41, 5.74) is 7.26. The highest BCUT2D eigenvalue weighted by atomic mass is 19.1. The third kappa shape index (κ3) is 2.73. The van der Waals surface area contributed by atoms with Crippen LogP contribution in [0.4, 0.5) is 4.39 Å². The first-order chi connectivity index (χ1) is 8.49. The molecule has 0 saturated carbocycles. The molecule has 3 heteroatoms. The second-order valence-electron chi connectivity index (χ2n) is 5.48. The lowest BCUT2D eigenvalue weighted by molar-refractivity contribution is 0.0490. The Morgan fingerprint density at radius 3 is 2.56 bits per heavy atom. The van der Waals surface area contributed by atoms with Gasteiger partial charge < -0.3 is 10.5 Å². The summed E-state index contributed by atoms with van der Waals surface area (Å²) < 4.78 is 19.0. The van der Waals surface area contributed by atoms with Crippen molar-refractivity contribution in [3.63, 3.8) is 0 Å². The van der Waals surface area contributed by atoms with Crippen molar-refractivity contribution in [2.75, 3.05) is 0 Å². The second-order valence-corrected chi connectivity index (χ2v) is 5.48. The molecule has 0 aliphatic carbocycles. The number of benzene rings is 1. The van der Waals surface area contributed by atoms with Crippen molar-refractivity contribution in [2.24, 2.45) is 17.6 Å². The average Bonchev–Trinajstić information content (AvgIpc) is 2.53. The predicted molar refractivity (Wildman–Crippen MR) is 70.7 cm³/mol. The molecule has 0 amide bonds. The molecule has 0 radical (unpaired) electrons. The highest BCUT2D eigenvalue weighted by molar-refractivity contribution is 5.18. The molecule has 100 valence electrons. The van der Waals surface area contributed by atoms with E-state index in [4.69, 9.17) is 10.5 Å². The van der Waals surface area contributed by atoms with Crippen LogP contribution in [-0.4, -0.2) is 18.2 Å². The summed E-state index contributed by atoms with van der Waals surface area (Å²) in [6.45, 7) is 6.36. The molecule has 18 heavy (non-hydrogen) atoms. The van der Waals surface area contributed by atoms with E-state index >= 15 is 0 Å². The van der Waals surface area contributed by atoms with E-state index in [2.05, 4.69) is 20.8 Å². The van der Waals surface area contributed by atoms with Gasteiger partial charge in [-0.2, -0.15) is 0 Å². The summed E-state index contributed by atoms with van der Waals surface area (Å²) >= 11 is 0. The number of hydrogen-bond donors (Lipinski definition) is 1. The van der Waals surface area contributed by atoms with Gasteiger partial charge in [-0.1, -0.05) is 19.1 Å². The standard InChI is InChI=1S/C15H22FNO/c1-9-10(2)18-11(3)15(9)14(17)8-12-5-4-6-13(16)7-12/h4-7,9-11,14-15H,8,17H2,1-3H3. The van der Waals surface area contributed by atoms with Crippen LogP contribution in [0.2, 0.25) is 0 Å². The zero-order valence-electron chi connectivity index (χ0n) is 11.3. The van der Waals surface area contributed by atoms with E-state index in [1.807, 2.05) is 6.07 Å². The Hall–Kier alpha value is -0.930. The predicted octanol–water partition coefficient (Wildman–Crippen LogP) is 2.76. The van der Waals surface area contributed by atoms with Crippen LogP contribution >= 0.6 is 0 Å². The molecule has 0 spiro atoms. The molecule has 2 rings (SSSR count). The quantitative estimate of drug-likeness (QED) is 0.896. The molecule has 0 bridgehead atoms. The Kier molecular flexibility index (Phi) is 4.03. The summed E-state index contributed by atoms with van der Waals surface area (Å²) in [6, 6.07) is 6.70. The van der Waals surface area contributed by atoms with Crippen LogP contribution in [0.25, 0.3) is 0 Å². The van der Waals surface area contributed by atoms with E-state index in [1.54, 1.807) is 12.1 Å². The lowest BCUT2D eigenvalue weighted by Crippen LogP contribution is -2.39. The number of nitrogens with two attached hydrogens (primary N) is 1. The number of halogens is 1. The minimum absolute atomic E-state index is 0.0155. The third-order valence-electron chi connectivity index (χ3n) is 4.17. The topological polar surface area (TPSA) is 35.2 Å². The maximum atomic E-state index is 13.1. The van der Waals surface area contributed by atoms with Gasteiger partial charge in [0.05, 0.1) is 12.2 Å². The van der Waals surface area contributed by atoms with Crippen LogP contribution < -0.4 is 5.73 Å². The summed E-state index contributed by atoms with van der Waals surface area (Å²) in [5, 5.41) is 0. The normalized spacial score (nSPS) is 33.6. The Morgan fingerprint density at radius 2 is 2.00 bits per heavy atom. The van der Waals surface area contributed by atoms with Gasteiger partial charge in [0.25, 0.3) is 0 Å². The maximum Gasteiger partial charge on any atom is 0.123 e. The van der Waals surface area contributed by atoms with Gasteiger partial charge in [-0.15, -0.1) is 0 Å². The molecule has 1 aromatic rings. The molecule has 1 saturated heterocycles. The minimum atomic E-state index is -0.197. The summed E-state index contributed by atoms with van der Waals surface area (Å²) in [6.07, 6.45) is 1.13. The van der Waals surface area contributed by atoms with Gasteiger partial charge in [-0.25, -0.2) is 4.39 Å². The van der Waals surface area contributed by atoms with Gasteiger partial charge in [-0.05, 0) is 43.9 Å². The Labute approximate surface area is 108 Å². The first-order valence-electron chi connectivity index (χ1n) is 6.64. The summed E-state index contributed by atoms with van der Waals surface area (Å²) in [7, 11) is 0. The van der Waals surface area contributed by atoms with E-state index in [1.165, 1.54) is 6.07 Å². The number of rotatable bonds is 3. The molecule has 5 atom stereocenters. The highest BCUT2D eigenvalue weighted by Crippen LogP contribution is 2.34. The van der Waals surface area contributed by atoms with Gasteiger partial charge in [0.15, 0.2) is 0 Å². The fourth-order valence-corrected chi connectivity index (χ4v) is 3.10. The van der Waals surface area contributed by atoms with Crippen LogP contribution in [0.15, 0.2) is 24.3 Å². The SMILES string of the molecule is CC1OC(C)C(C(N)Cc2cccc(F)c2)C1C. The third-order valence-corrected chi connectivity index (χ3v) is 4.17. The summed E-state index contributed by atoms with van der Waals surface area (Å²) in [4.78, 5) is 0. The van der Waals surface area contributed by atoms with E-state index in [-0.39, 0.29) is 24.1 Å². The first-order valence-corrected chi connectivity index (χ1v) is 6.64. The maximum absolute atomic E-state index is 13.1. The first kappa shape index (κ1) is 13.5. The van der Waals surface area contributed by atoms with Crippen molar-refractivity contribution < 1.29 is 9.13 Å². The average molecular weight is 251 g/mol. The molecule has 2 N–H and O–H groups in total. The fraction of sp³-hybridized carbons (Fsp3) is 0.600. The fourth-order valence-electron chi connectivity index (χ4n) is 3.10. The van der Waals surface area contributed by atoms with E-state index in [0.717, 1.165) is 5.56 Å². The Balaban J connectivity index is 2.06. The number of hydrogen-bond acceptors (Lipinski definition) is 2. The monoisotopic (exact) mass is 251 g/mol.